The molecule has 0 radical (unpaired) electrons. The van der Waals surface area contributed by atoms with Crippen molar-refractivity contribution in [2.75, 3.05) is 7.11 Å². The number of imidazole rings is 1. The fourth-order valence-corrected chi connectivity index (χ4v) is 2.81. The number of aromatic nitrogens is 3. The number of methoxy groups -OCH3 is 1. The summed E-state index contributed by atoms with van der Waals surface area (Å²) in [6, 6.07) is 1.97. The van der Waals surface area contributed by atoms with Crippen molar-refractivity contribution in [2.45, 2.75) is 44.8 Å². The van der Waals surface area contributed by atoms with Crippen LogP contribution in [0.2, 0.25) is 0 Å². The maximum Gasteiger partial charge on any atom is 0.325 e. The summed E-state index contributed by atoms with van der Waals surface area (Å²) in [5.41, 5.74) is 0.936. The summed E-state index contributed by atoms with van der Waals surface area (Å²) in [6.07, 6.45) is 10.8. The molecule has 1 aliphatic carbocycles. The molecule has 0 unspecified atom stereocenters. The molecule has 6 heteroatoms. The number of H-pyrrole nitrogens is 1. The molecule has 1 saturated carbocycles. The second-order valence-electron chi connectivity index (χ2n) is 5.58. The van der Waals surface area contributed by atoms with Crippen LogP contribution in [0.1, 0.15) is 31.2 Å². The van der Waals surface area contributed by atoms with Crippen molar-refractivity contribution in [1.82, 2.24) is 14.5 Å². The Kier molecular flexibility index (Phi) is 4.46. The van der Waals surface area contributed by atoms with Crippen LogP contribution in [0.4, 0.5) is 0 Å². The van der Waals surface area contributed by atoms with Gasteiger partial charge in [-0.25, -0.2) is 9.78 Å². The molecule has 2 aromatic rings. The number of hydrogen-bond acceptors (Lipinski definition) is 4. The lowest BCUT2D eigenvalue weighted by Gasteiger charge is -2.16. The lowest BCUT2D eigenvalue weighted by atomic mass is 10.2. The van der Waals surface area contributed by atoms with E-state index in [0.717, 1.165) is 24.8 Å². The average molecular weight is 303 g/mol. The van der Waals surface area contributed by atoms with Crippen molar-refractivity contribution in [1.29, 1.82) is 0 Å². The monoisotopic (exact) mass is 303 g/mol. The average Bonchev–Trinajstić information content (AvgIpc) is 3.17. The van der Waals surface area contributed by atoms with E-state index in [4.69, 9.17) is 9.47 Å². The van der Waals surface area contributed by atoms with Crippen LogP contribution in [-0.4, -0.2) is 27.7 Å². The molecule has 2 aromatic heterocycles. The van der Waals surface area contributed by atoms with Gasteiger partial charge in [-0.15, -0.1) is 0 Å². The summed E-state index contributed by atoms with van der Waals surface area (Å²) in [5, 5.41) is 0. The van der Waals surface area contributed by atoms with Crippen LogP contribution in [0.25, 0.3) is 0 Å². The van der Waals surface area contributed by atoms with Crippen molar-refractivity contribution in [3.63, 3.8) is 0 Å². The van der Waals surface area contributed by atoms with Gasteiger partial charge in [0.05, 0.1) is 13.2 Å². The third-order valence-electron chi connectivity index (χ3n) is 4.03. The zero-order valence-electron chi connectivity index (χ0n) is 12.7. The van der Waals surface area contributed by atoms with E-state index < -0.39 is 0 Å². The van der Waals surface area contributed by atoms with E-state index in [9.17, 15) is 4.79 Å². The van der Waals surface area contributed by atoms with Gasteiger partial charge >= 0.3 is 5.69 Å². The van der Waals surface area contributed by atoms with Crippen LogP contribution in [0.3, 0.4) is 0 Å². The number of hydrogen-bond donors (Lipinski definition) is 1. The summed E-state index contributed by atoms with van der Waals surface area (Å²) < 4.78 is 13.0. The topological polar surface area (TPSA) is 69.1 Å². The third kappa shape index (κ3) is 3.32. The molecule has 22 heavy (non-hydrogen) atoms. The number of nitrogens with zero attached hydrogens (tertiary/aromatic N) is 2. The summed E-state index contributed by atoms with van der Waals surface area (Å²) in [7, 11) is 1.60. The van der Waals surface area contributed by atoms with Gasteiger partial charge in [0.2, 0.25) is 0 Å². The number of nitrogens with one attached hydrogen (secondary N) is 1. The molecule has 6 nitrogen and oxygen atoms in total. The largest absolute Gasteiger partial charge is 0.485 e. The Labute approximate surface area is 129 Å². The molecular weight excluding hydrogens is 282 g/mol. The smallest absolute Gasteiger partial charge is 0.325 e. The van der Waals surface area contributed by atoms with Crippen LogP contribution in [0.15, 0.2) is 29.5 Å². The number of ether oxygens (including phenoxy) is 2. The Morgan fingerprint density at radius 1 is 1.41 bits per heavy atom. The molecule has 0 spiro atoms. The van der Waals surface area contributed by atoms with E-state index >= 15 is 0 Å². The van der Waals surface area contributed by atoms with Crippen molar-refractivity contribution >= 4 is 0 Å². The van der Waals surface area contributed by atoms with Gasteiger partial charge in [-0.1, -0.05) is 0 Å². The fraction of sp³-hybridized carbons (Fsp3) is 0.500. The molecular formula is C16H21N3O3. The van der Waals surface area contributed by atoms with E-state index in [1.807, 2.05) is 6.07 Å². The van der Waals surface area contributed by atoms with Crippen LogP contribution in [-0.2, 0) is 13.0 Å². The standard InChI is InChI=1S/C16H21N3O3/c1-21-15-14(22-13-4-2-3-5-13)10-12(11-18-15)6-8-19-9-7-17-16(19)20/h7,9-11,13H,2-6,8H2,1H3,(H,17,20). The molecule has 2 heterocycles. The third-order valence-corrected chi connectivity index (χ3v) is 4.03. The van der Waals surface area contributed by atoms with Crippen LogP contribution in [0, 0.1) is 0 Å². The van der Waals surface area contributed by atoms with E-state index in [0.29, 0.717) is 18.2 Å². The van der Waals surface area contributed by atoms with Crippen LogP contribution >= 0.6 is 0 Å². The van der Waals surface area contributed by atoms with Gasteiger partial charge in [-0.2, -0.15) is 0 Å². The van der Waals surface area contributed by atoms with E-state index in [1.165, 1.54) is 12.8 Å². The number of rotatable bonds is 6. The first-order valence-corrected chi connectivity index (χ1v) is 7.69. The fourth-order valence-electron chi connectivity index (χ4n) is 2.81. The maximum absolute atomic E-state index is 11.5. The highest BCUT2D eigenvalue weighted by atomic mass is 16.5. The zero-order valence-corrected chi connectivity index (χ0v) is 12.7. The van der Waals surface area contributed by atoms with Crippen LogP contribution in [0.5, 0.6) is 11.6 Å². The molecule has 0 bridgehead atoms. The normalized spacial score (nSPS) is 15.1. The lowest BCUT2D eigenvalue weighted by Crippen LogP contribution is -2.17. The van der Waals surface area contributed by atoms with Crippen molar-refractivity contribution in [2.24, 2.45) is 0 Å². The minimum Gasteiger partial charge on any atom is -0.485 e. The minimum absolute atomic E-state index is 0.0936. The van der Waals surface area contributed by atoms with Gasteiger partial charge in [0.15, 0.2) is 5.75 Å². The van der Waals surface area contributed by atoms with Gasteiger partial charge in [-0.3, -0.25) is 4.57 Å². The molecule has 1 aliphatic rings. The Morgan fingerprint density at radius 2 is 2.23 bits per heavy atom. The number of aromatic amines is 1. The van der Waals surface area contributed by atoms with Gasteiger partial charge in [0, 0.05) is 25.1 Å². The van der Waals surface area contributed by atoms with E-state index in [1.54, 1.807) is 30.3 Å². The highest BCUT2D eigenvalue weighted by molar-refractivity contribution is 5.36. The minimum atomic E-state index is -0.0936. The van der Waals surface area contributed by atoms with Gasteiger partial charge in [0.1, 0.15) is 0 Å². The van der Waals surface area contributed by atoms with Crippen LogP contribution < -0.4 is 15.2 Å². The predicted octanol–water partition coefficient (Wildman–Crippen LogP) is 2.14. The summed E-state index contributed by atoms with van der Waals surface area (Å²) in [4.78, 5) is 18.4. The Bertz CT molecular complexity index is 671. The molecule has 0 saturated heterocycles. The molecule has 3 rings (SSSR count). The molecule has 0 aliphatic heterocycles. The molecule has 0 amide bonds. The first-order chi connectivity index (χ1) is 10.8. The first-order valence-electron chi connectivity index (χ1n) is 7.69. The Morgan fingerprint density at radius 3 is 2.91 bits per heavy atom. The van der Waals surface area contributed by atoms with Crippen molar-refractivity contribution < 1.29 is 9.47 Å². The maximum atomic E-state index is 11.5. The van der Waals surface area contributed by atoms with E-state index in [2.05, 4.69) is 9.97 Å². The van der Waals surface area contributed by atoms with Gasteiger partial charge in [-0.05, 0) is 43.7 Å². The zero-order chi connectivity index (χ0) is 15.4. The molecule has 1 fully saturated rings. The van der Waals surface area contributed by atoms with Crippen molar-refractivity contribution in [3.05, 3.63) is 40.7 Å². The SMILES string of the molecule is COc1ncc(CCn2cc[nH]c2=O)cc1OC1CCCC1. The summed E-state index contributed by atoms with van der Waals surface area (Å²) in [5.74, 6) is 1.22. The molecule has 1 N–H and O–H groups in total. The molecule has 118 valence electrons. The predicted molar refractivity (Wildman–Crippen MR) is 82.4 cm³/mol. The van der Waals surface area contributed by atoms with E-state index in [-0.39, 0.29) is 11.8 Å². The van der Waals surface area contributed by atoms with Crippen molar-refractivity contribution in [3.8, 4) is 11.6 Å². The molecule has 0 atom stereocenters. The summed E-state index contributed by atoms with van der Waals surface area (Å²) >= 11 is 0. The number of aryl methyl sites for hydroxylation is 2. The molecule has 0 aromatic carbocycles. The second-order valence-corrected chi connectivity index (χ2v) is 5.58. The van der Waals surface area contributed by atoms with Gasteiger partial charge < -0.3 is 14.5 Å². The first kappa shape index (κ1) is 14.7. The Hall–Kier alpha value is -2.24. The highest BCUT2D eigenvalue weighted by Gasteiger charge is 2.19. The highest BCUT2D eigenvalue weighted by Crippen LogP contribution is 2.30. The second kappa shape index (κ2) is 6.68. The van der Waals surface area contributed by atoms with Gasteiger partial charge in [0.25, 0.3) is 5.88 Å². The number of pyridine rings is 1. The summed E-state index contributed by atoms with van der Waals surface area (Å²) in [6.45, 7) is 0.610. The lowest BCUT2D eigenvalue weighted by molar-refractivity contribution is 0.198. The Balaban J connectivity index is 1.71. The quantitative estimate of drug-likeness (QED) is 0.887.